The van der Waals surface area contributed by atoms with Gasteiger partial charge in [0.2, 0.25) is 5.91 Å². The van der Waals surface area contributed by atoms with Crippen molar-refractivity contribution in [3.8, 4) is 0 Å². The Kier molecular flexibility index (Phi) is 5.52. The van der Waals surface area contributed by atoms with Gasteiger partial charge in [0.1, 0.15) is 6.17 Å². The predicted molar refractivity (Wildman–Crippen MR) is 88.1 cm³/mol. The van der Waals surface area contributed by atoms with E-state index in [1.165, 1.54) is 5.56 Å². The molecule has 1 N–H and O–H groups in total. The van der Waals surface area contributed by atoms with Gasteiger partial charge in [0.05, 0.1) is 6.04 Å². The molecule has 1 fully saturated rings. The number of nitrogens with zero attached hydrogens (tertiary/aromatic N) is 1. The molecule has 1 saturated heterocycles. The molecule has 1 amide bonds. The maximum absolute atomic E-state index is 12.7. The van der Waals surface area contributed by atoms with Crippen LogP contribution in [0.25, 0.3) is 0 Å². The van der Waals surface area contributed by atoms with E-state index in [2.05, 4.69) is 49.2 Å². The fraction of sp³-hybridized carbons (Fsp3) is 0.667. The zero-order chi connectivity index (χ0) is 14.7. The first kappa shape index (κ1) is 15.9. The first-order valence-electron chi connectivity index (χ1n) is 7.13. The predicted octanol–water partition coefficient (Wildman–Crippen LogP) is 3.34. The Morgan fingerprint density at radius 3 is 2.75 bits per heavy atom. The van der Waals surface area contributed by atoms with Gasteiger partial charge in [-0.25, -0.2) is 0 Å². The zero-order valence-corrected chi connectivity index (χ0v) is 14.3. The van der Waals surface area contributed by atoms with Gasteiger partial charge in [0.15, 0.2) is 0 Å². The highest BCUT2D eigenvalue weighted by Gasteiger charge is 2.41. The summed E-state index contributed by atoms with van der Waals surface area (Å²) in [6.45, 7) is 6.48. The lowest BCUT2D eigenvalue weighted by molar-refractivity contribution is -0.131. The fourth-order valence-electron chi connectivity index (χ4n) is 2.77. The molecular formula is C15H24N2OS2. The van der Waals surface area contributed by atoms with Crippen LogP contribution in [-0.4, -0.2) is 34.9 Å². The molecule has 5 heteroatoms. The van der Waals surface area contributed by atoms with E-state index in [9.17, 15) is 4.79 Å². The van der Waals surface area contributed by atoms with Crippen LogP contribution in [0.4, 0.5) is 0 Å². The summed E-state index contributed by atoms with van der Waals surface area (Å²) in [6, 6.07) is 2.34. The highest BCUT2D eigenvalue weighted by Crippen LogP contribution is 2.31. The first-order valence-corrected chi connectivity index (χ1v) is 9.47. The molecule has 0 saturated carbocycles. The number of hydrogen-bond acceptors (Lipinski definition) is 4. The van der Waals surface area contributed by atoms with Gasteiger partial charge >= 0.3 is 0 Å². The van der Waals surface area contributed by atoms with Gasteiger partial charge in [-0.15, -0.1) is 0 Å². The molecule has 0 spiro atoms. The van der Waals surface area contributed by atoms with Crippen molar-refractivity contribution in [2.45, 2.75) is 45.4 Å². The summed E-state index contributed by atoms with van der Waals surface area (Å²) >= 11 is 3.48. The fourth-order valence-corrected chi connectivity index (χ4v) is 4.09. The molecule has 1 aromatic heterocycles. The molecule has 1 aromatic rings. The minimum atomic E-state index is -0.0378. The van der Waals surface area contributed by atoms with E-state index in [0.717, 1.165) is 12.2 Å². The second-order valence-corrected chi connectivity index (χ2v) is 7.55. The van der Waals surface area contributed by atoms with E-state index in [1.54, 1.807) is 23.1 Å². The summed E-state index contributed by atoms with van der Waals surface area (Å²) < 4.78 is 0. The van der Waals surface area contributed by atoms with Crippen molar-refractivity contribution in [1.29, 1.82) is 0 Å². The van der Waals surface area contributed by atoms with Crippen molar-refractivity contribution in [2.24, 2.45) is 5.92 Å². The lowest BCUT2D eigenvalue weighted by Gasteiger charge is -2.29. The summed E-state index contributed by atoms with van der Waals surface area (Å²) in [5.74, 6) is 1.76. The molecule has 2 rings (SSSR count). The SMILES string of the molecule is CSCC(C)N1C(=O)C(CC(C)C)NC1c1ccsc1. The van der Waals surface area contributed by atoms with Crippen LogP contribution in [0.1, 0.15) is 38.9 Å². The lowest BCUT2D eigenvalue weighted by Crippen LogP contribution is -2.39. The highest BCUT2D eigenvalue weighted by molar-refractivity contribution is 7.98. The number of rotatable bonds is 6. The molecular weight excluding hydrogens is 288 g/mol. The second-order valence-electron chi connectivity index (χ2n) is 5.86. The van der Waals surface area contributed by atoms with Gasteiger partial charge in [-0.3, -0.25) is 10.1 Å². The number of thioether (sulfide) groups is 1. The zero-order valence-electron chi connectivity index (χ0n) is 12.6. The van der Waals surface area contributed by atoms with Crippen LogP contribution in [-0.2, 0) is 4.79 Å². The monoisotopic (exact) mass is 312 g/mol. The third kappa shape index (κ3) is 3.38. The molecule has 112 valence electrons. The Hall–Kier alpha value is -0.520. The third-order valence-electron chi connectivity index (χ3n) is 3.64. The van der Waals surface area contributed by atoms with Crippen LogP contribution in [0.3, 0.4) is 0 Å². The average Bonchev–Trinajstić information content (AvgIpc) is 2.98. The second kappa shape index (κ2) is 6.96. The number of hydrogen-bond donors (Lipinski definition) is 1. The Bertz CT molecular complexity index is 433. The van der Waals surface area contributed by atoms with Gasteiger partial charge in [0, 0.05) is 11.8 Å². The van der Waals surface area contributed by atoms with E-state index >= 15 is 0 Å². The Labute approximate surface area is 130 Å². The lowest BCUT2D eigenvalue weighted by atomic mass is 10.0. The Morgan fingerprint density at radius 1 is 1.45 bits per heavy atom. The smallest absolute Gasteiger partial charge is 0.241 e. The van der Waals surface area contributed by atoms with E-state index < -0.39 is 0 Å². The van der Waals surface area contributed by atoms with Crippen LogP contribution in [0.2, 0.25) is 0 Å². The van der Waals surface area contributed by atoms with E-state index in [4.69, 9.17) is 0 Å². The average molecular weight is 313 g/mol. The number of nitrogens with one attached hydrogen (secondary N) is 1. The maximum Gasteiger partial charge on any atom is 0.241 e. The van der Waals surface area contributed by atoms with Crippen molar-refractivity contribution < 1.29 is 4.79 Å². The van der Waals surface area contributed by atoms with Crippen molar-refractivity contribution >= 4 is 29.0 Å². The van der Waals surface area contributed by atoms with Gasteiger partial charge < -0.3 is 4.90 Å². The van der Waals surface area contributed by atoms with Crippen molar-refractivity contribution in [3.05, 3.63) is 22.4 Å². The molecule has 0 aromatic carbocycles. The maximum atomic E-state index is 12.7. The van der Waals surface area contributed by atoms with E-state index in [1.807, 2.05) is 4.90 Å². The summed E-state index contributed by atoms with van der Waals surface area (Å²) in [7, 11) is 0. The van der Waals surface area contributed by atoms with Gasteiger partial charge in [-0.1, -0.05) is 13.8 Å². The molecule has 3 atom stereocenters. The molecule has 3 nitrogen and oxygen atoms in total. The van der Waals surface area contributed by atoms with Crippen LogP contribution in [0.15, 0.2) is 16.8 Å². The third-order valence-corrected chi connectivity index (χ3v) is 5.16. The van der Waals surface area contributed by atoms with Crippen molar-refractivity contribution in [3.63, 3.8) is 0 Å². The van der Waals surface area contributed by atoms with Crippen LogP contribution in [0.5, 0.6) is 0 Å². The quantitative estimate of drug-likeness (QED) is 0.874. The Balaban J connectivity index is 2.21. The number of carbonyl (C=O) groups is 1. The number of thiophene rings is 1. The minimum absolute atomic E-state index is 0.0378. The summed E-state index contributed by atoms with van der Waals surface area (Å²) in [4.78, 5) is 14.8. The molecule has 1 aliphatic rings. The standard InChI is InChI=1S/C15H24N2OS2/c1-10(2)7-13-15(18)17(11(3)8-19-4)14(16-13)12-5-6-20-9-12/h5-6,9-11,13-14,16H,7-8H2,1-4H3. The number of carbonyl (C=O) groups excluding carboxylic acids is 1. The summed E-state index contributed by atoms with van der Waals surface area (Å²) in [5.41, 5.74) is 1.21. The van der Waals surface area contributed by atoms with Gasteiger partial charge in [-0.2, -0.15) is 23.1 Å². The molecule has 20 heavy (non-hydrogen) atoms. The topological polar surface area (TPSA) is 32.3 Å². The highest BCUT2D eigenvalue weighted by atomic mass is 32.2. The van der Waals surface area contributed by atoms with Crippen LogP contribution >= 0.6 is 23.1 Å². The normalized spacial score (nSPS) is 24.6. The Morgan fingerprint density at radius 2 is 2.20 bits per heavy atom. The van der Waals surface area contributed by atoms with E-state index in [-0.39, 0.29) is 24.2 Å². The molecule has 0 aliphatic carbocycles. The molecule has 0 bridgehead atoms. The molecule has 0 radical (unpaired) electrons. The summed E-state index contributed by atoms with van der Waals surface area (Å²) in [6.07, 6.45) is 3.04. The first-order chi connectivity index (χ1) is 9.54. The molecule has 3 unspecified atom stereocenters. The largest absolute Gasteiger partial charge is 0.318 e. The van der Waals surface area contributed by atoms with Crippen LogP contribution < -0.4 is 5.32 Å². The minimum Gasteiger partial charge on any atom is -0.318 e. The van der Waals surface area contributed by atoms with Crippen LogP contribution in [0, 0.1) is 5.92 Å². The van der Waals surface area contributed by atoms with Gasteiger partial charge in [0.25, 0.3) is 0 Å². The van der Waals surface area contributed by atoms with Crippen molar-refractivity contribution in [2.75, 3.05) is 12.0 Å². The molecule has 1 aliphatic heterocycles. The molecule has 2 heterocycles. The van der Waals surface area contributed by atoms with Gasteiger partial charge in [-0.05, 0) is 47.9 Å². The number of amides is 1. The van der Waals surface area contributed by atoms with Crippen molar-refractivity contribution in [1.82, 2.24) is 10.2 Å². The summed E-state index contributed by atoms with van der Waals surface area (Å²) in [5, 5.41) is 7.76. The van der Waals surface area contributed by atoms with E-state index in [0.29, 0.717) is 5.92 Å².